The summed E-state index contributed by atoms with van der Waals surface area (Å²) in [5, 5.41) is 12.8. The van der Waals surface area contributed by atoms with Gasteiger partial charge in [-0.3, -0.25) is 4.79 Å². The second-order valence-electron chi connectivity index (χ2n) is 7.67. The zero-order valence-corrected chi connectivity index (χ0v) is 13.8. The molecular formula is C18H33NO2. The van der Waals surface area contributed by atoms with E-state index in [0.29, 0.717) is 12.0 Å². The molecule has 0 amide bonds. The number of hydrogen-bond acceptors (Lipinski definition) is 2. The molecule has 2 aliphatic rings. The molecule has 2 saturated carbocycles. The molecule has 0 radical (unpaired) electrons. The van der Waals surface area contributed by atoms with Crippen LogP contribution in [0.1, 0.15) is 71.6 Å². The first-order chi connectivity index (χ1) is 10.1. The zero-order chi connectivity index (χ0) is 15.2. The third-order valence-corrected chi connectivity index (χ3v) is 5.85. The smallest absolute Gasteiger partial charge is 0.306 e. The van der Waals surface area contributed by atoms with Gasteiger partial charge in [0.25, 0.3) is 0 Å². The van der Waals surface area contributed by atoms with Crippen LogP contribution in [0.25, 0.3) is 0 Å². The van der Waals surface area contributed by atoms with Crippen molar-refractivity contribution >= 4 is 5.97 Å². The van der Waals surface area contributed by atoms with Crippen molar-refractivity contribution in [3.05, 3.63) is 0 Å². The Balaban J connectivity index is 1.66. The fourth-order valence-electron chi connectivity index (χ4n) is 4.15. The third-order valence-electron chi connectivity index (χ3n) is 5.85. The summed E-state index contributed by atoms with van der Waals surface area (Å²) < 4.78 is 0. The minimum absolute atomic E-state index is 0.0778. The van der Waals surface area contributed by atoms with Gasteiger partial charge < -0.3 is 10.4 Å². The number of carboxylic acids is 1. The number of carboxylic acid groups (broad SMARTS) is 1. The highest BCUT2D eigenvalue weighted by atomic mass is 16.4. The second-order valence-corrected chi connectivity index (χ2v) is 7.67. The standard InChI is InChI=1S/C18H33NO2/c1-13(2)15-4-3-5-17(11-10-15)19-12-14-6-8-16(9-7-14)18(20)21/h13-17,19H,3-12H2,1-2H3,(H,20,21). The molecule has 0 spiro atoms. The van der Waals surface area contributed by atoms with Crippen LogP contribution < -0.4 is 5.32 Å². The van der Waals surface area contributed by atoms with Crippen LogP contribution in [-0.4, -0.2) is 23.7 Å². The zero-order valence-electron chi connectivity index (χ0n) is 13.8. The van der Waals surface area contributed by atoms with E-state index < -0.39 is 5.97 Å². The van der Waals surface area contributed by atoms with E-state index in [1.165, 1.54) is 32.1 Å². The highest BCUT2D eigenvalue weighted by molar-refractivity contribution is 5.69. The Morgan fingerprint density at radius 1 is 1.05 bits per heavy atom. The highest BCUT2D eigenvalue weighted by Gasteiger charge is 2.26. The molecule has 0 bridgehead atoms. The van der Waals surface area contributed by atoms with Gasteiger partial charge in [-0.2, -0.15) is 0 Å². The Morgan fingerprint density at radius 2 is 1.76 bits per heavy atom. The molecule has 0 aromatic carbocycles. The monoisotopic (exact) mass is 295 g/mol. The lowest BCUT2D eigenvalue weighted by Crippen LogP contribution is -2.35. The summed E-state index contributed by atoms with van der Waals surface area (Å²) in [6, 6.07) is 0.700. The van der Waals surface area contributed by atoms with Gasteiger partial charge in [-0.1, -0.05) is 26.7 Å². The normalized spacial score (nSPS) is 34.6. The molecule has 0 saturated heterocycles. The van der Waals surface area contributed by atoms with E-state index in [0.717, 1.165) is 44.1 Å². The average molecular weight is 295 g/mol. The molecule has 0 aromatic heterocycles. The van der Waals surface area contributed by atoms with E-state index in [-0.39, 0.29) is 5.92 Å². The topological polar surface area (TPSA) is 49.3 Å². The van der Waals surface area contributed by atoms with Crippen molar-refractivity contribution in [1.82, 2.24) is 5.32 Å². The Labute approximate surface area is 129 Å². The number of aliphatic carboxylic acids is 1. The summed E-state index contributed by atoms with van der Waals surface area (Å²) in [7, 11) is 0. The summed E-state index contributed by atoms with van der Waals surface area (Å²) in [6.07, 6.45) is 10.7. The molecule has 2 aliphatic carbocycles. The first-order valence-electron chi connectivity index (χ1n) is 9.02. The van der Waals surface area contributed by atoms with Gasteiger partial charge in [0.1, 0.15) is 0 Å². The maximum absolute atomic E-state index is 11.0. The van der Waals surface area contributed by atoms with E-state index >= 15 is 0 Å². The van der Waals surface area contributed by atoms with Gasteiger partial charge in [0, 0.05) is 6.04 Å². The molecule has 2 rings (SSSR count). The summed E-state index contributed by atoms with van der Waals surface area (Å²) >= 11 is 0. The number of carbonyl (C=O) groups is 1. The molecule has 122 valence electrons. The molecule has 0 aromatic rings. The van der Waals surface area contributed by atoms with Gasteiger partial charge in [-0.25, -0.2) is 0 Å². The van der Waals surface area contributed by atoms with Crippen molar-refractivity contribution in [3.63, 3.8) is 0 Å². The summed E-state index contributed by atoms with van der Waals surface area (Å²) in [5.41, 5.74) is 0. The molecule has 3 heteroatoms. The van der Waals surface area contributed by atoms with Crippen LogP contribution >= 0.6 is 0 Å². The van der Waals surface area contributed by atoms with Gasteiger partial charge >= 0.3 is 5.97 Å². The minimum atomic E-state index is -0.593. The molecule has 2 unspecified atom stereocenters. The van der Waals surface area contributed by atoms with Crippen LogP contribution in [0.3, 0.4) is 0 Å². The molecule has 0 aliphatic heterocycles. The van der Waals surface area contributed by atoms with Crippen LogP contribution in [0, 0.1) is 23.7 Å². The van der Waals surface area contributed by atoms with E-state index in [1.807, 2.05) is 0 Å². The van der Waals surface area contributed by atoms with Gasteiger partial charge in [0.05, 0.1) is 5.92 Å². The first-order valence-corrected chi connectivity index (χ1v) is 9.02. The van der Waals surface area contributed by atoms with Crippen molar-refractivity contribution in [2.75, 3.05) is 6.54 Å². The predicted octanol–water partition coefficient (Wildman–Crippen LogP) is 4.07. The predicted molar refractivity (Wildman–Crippen MR) is 86.3 cm³/mol. The van der Waals surface area contributed by atoms with Gasteiger partial charge in [0.15, 0.2) is 0 Å². The molecule has 3 nitrogen and oxygen atoms in total. The Kier molecular flexibility index (Phi) is 6.53. The summed E-state index contributed by atoms with van der Waals surface area (Å²) in [6.45, 7) is 5.82. The van der Waals surface area contributed by atoms with Crippen molar-refractivity contribution in [1.29, 1.82) is 0 Å². The maximum atomic E-state index is 11.0. The van der Waals surface area contributed by atoms with Crippen molar-refractivity contribution in [2.24, 2.45) is 23.7 Å². The largest absolute Gasteiger partial charge is 0.481 e. The van der Waals surface area contributed by atoms with E-state index in [4.69, 9.17) is 5.11 Å². The molecule has 2 N–H and O–H groups in total. The summed E-state index contributed by atoms with van der Waals surface area (Å²) in [4.78, 5) is 11.0. The lowest BCUT2D eigenvalue weighted by Gasteiger charge is -2.28. The third kappa shape index (κ3) is 5.28. The van der Waals surface area contributed by atoms with Gasteiger partial charge in [0.2, 0.25) is 0 Å². The van der Waals surface area contributed by atoms with Crippen molar-refractivity contribution in [2.45, 2.75) is 77.7 Å². The lowest BCUT2D eigenvalue weighted by molar-refractivity contribution is -0.143. The van der Waals surface area contributed by atoms with Crippen LogP contribution in [0.4, 0.5) is 0 Å². The Bertz CT molecular complexity index is 321. The van der Waals surface area contributed by atoms with Gasteiger partial charge in [-0.15, -0.1) is 0 Å². The Hall–Kier alpha value is -0.570. The van der Waals surface area contributed by atoms with E-state index in [9.17, 15) is 4.79 Å². The highest BCUT2D eigenvalue weighted by Crippen LogP contribution is 2.31. The van der Waals surface area contributed by atoms with E-state index in [2.05, 4.69) is 19.2 Å². The summed E-state index contributed by atoms with van der Waals surface area (Å²) in [5.74, 6) is 1.78. The molecule has 0 heterocycles. The van der Waals surface area contributed by atoms with E-state index in [1.54, 1.807) is 0 Å². The maximum Gasteiger partial charge on any atom is 0.306 e. The van der Waals surface area contributed by atoms with Crippen LogP contribution in [0.5, 0.6) is 0 Å². The minimum Gasteiger partial charge on any atom is -0.481 e. The molecule has 2 atom stereocenters. The molecule has 2 fully saturated rings. The molecular weight excluding hydrogens is 262 g/mol. The van der Waals surface area contributed by atoms with Crippen LogP contribution in [-0.2, 0) is 4.79 Å². The fourth-order valence-corrected chi connectivity index (χ4v) is 4.15. The number of rotatable bonds is 5. The van der Waals surface area contributed by atoms with Gasteiger partial charge in [-0.05, 0) is 69.2 Å². The van der Waals surface area contributed by atoms with Crippen molar-refractivity contribution in [3.8, 4) is 0 Å². The van der Waals surface area contributed by atoms with Crippen LogP contribution in [0.15, 0.2) is 0 Å². The number of hydrogen-bond donors (Lipinski definition) is 2. The average Bonchev–Trinajstić information content (AvgIpc) is 2.71. The molecule has 21 heavy (non-hydrogen) atoms. The second kappa shape index (κ2) is 8.17. The Morgan fingerprint density at radius 3 is 2.38 bits per heavy atom. The quantitative estimate of drug-likeness (QED) is 0.752. The fraction of sp³-hybridized carbons (Fsp3) is 0.944. The SMILES string of the molecule is CC(C)C1CCCC(NCC2CCC(C(=O)O)CC2)CC1. The lowest BCUT2D eigenvalue weighted by atomic mass is 9.82. The number of nitrogens with one attached hydrogen (secondary N) is 1. The first kappa shape index (κ1) is 16.8. The van der Waals surface area contributed by atoms with Crippen LogP contribution in [0.2, 0.25) is 0 Å². The van der Waals surface area contributed by atoms with Crippen molar-refractivity contribution < 1.29 is 9.90 Å².